The topological polar surface area (TPSA) is 96.5 Å². The first-order valence-corrected chi connectivity index (χ1v) is 9.55. The van der Waals surface area contributed by atoms with Gasteiger partial charge < -0.3 is 20.7 Å². The minimum absolute atomic E-state index is 0.0862. The first-order chi connectivity index (χ1) is 13.6. The quantitative estimate of drug-likeness (QED) is 0.535. The summed E-state index contributed by atoms with van der Waals surface area (Å²) in [6.45, 7) is 5.44. The Morgan fingerprint density at radius 1 is 0.966 bits per heavy atom. The number of carbonyl (C=O) groups excluding carboxylic acids is 3. The highest BCUT2D eigenvalue weighted by molar-refractivity contribution is 7.80. The van der Waals surface area contributed by atoms with Crippen LogP contribution < -0.4 is 16.0 Å². The van der Waals surface area contributed by atoms with Crippen LogP contribution in [0.15, 0.2) is 53.4 Å². The van der Waals surface area contributed by atoms with E-state index in [4.69, 9.17) is 4.74 Å². The largest absolute Gasteiger partial charge is 0.444 e. The highest BCUT2D eigenvalue weighted by Crippen LogP contribution is 2.18. The number of hydrogen-bond acceptors (Lipinski definition) is 5. The molecule has 3 amide bonds. The second kappa shape index (κ2) is 9.97. The van der Waals surface area contributed by atoms with Crippen LogP contribution in [0.3, 0.4) is 0 Å². The molecule has 2 aromatic carbocycles. The molecule has 0 aromatic heterocycles. The van der Waals surface area contributed by atoms with Gasteiger partial charge >= 0.3 is 6.09 Å². The van der Waals surface area contributed by atoms with Crippen LogP contribution in [-0.4, -0.2) is 30.1 Å². The van der Waals surface area contributed by atoms with Crippen molar-refractivity contribution in [3.05, 3.63) is 54.1 Å². The van der Waals surface area contributed by atoms with E-state index in [2.05, 4.69) is 28.6 Å². The molecule has 0 aliphatic rings. The van der Waals surface area contributed by atoms with E-state index < -0.39 is 11.7 Å². The van der Waals surface area contributed by atoms with Crippen LogP contribution in [0.5, 0.6) is 0 Å². The van der Waals surface area contributed by atoms with Crippen molar-refractivity contribution in [1.29, 1.82) is 0 Å². The molecule has 0 fully saturated rings. The van der Waals surface area contributed by atoms with Crippen LogP contribution in [0, 0.1) is 0 Å². The standard InChI is InChI=1S/C21H25N3O4S/c1-21(2,3)28-20(27)22-12-11-18(25)23-14-7-6-8-15(13-14)24-19(26)16-9-4-5-10-17(16)29/h4-10,13,29H,11-12H2,1-3H3,(H,22,27)(H,23,25)(H,24,26). The van der Waals surface area contributed by atoms with Gasteiger partial charge in [0.2, 0.25) is 5.91 Å². The number of nitrogens with one attached hydrogen (secondary N) is 3. The third-order valence-corrected chi connectivity index (χ3v) is 3.96. The summed E-state index contributed by atoms with van der Waals surface area (Å²) in [5.74, 6) is -0.564. The summed E-state index contributed by atoms with van der Waals surface area (Å²) in [7, 11) is 0. The zero-order chi connectivity index (χ0) is 21.4. The smallest absolute Gasteiger partial charge is 0.407 e. The van der Waals surface area contributed by atoms with E-state index in [1.54, 1.807) is 69.3 Å². The zero-order valence-electron chi connectivity index (χ0n) is 16.6. The Bertz CT molecular complexity index is 893. The molecule has 0 unspecified atom stereocenters. The highest BCUT2D eigenvalue weighted by atomic mass is 32.1. The average Bonchev–Trinajstić information content (AvgIpc) is 2.60. The van der Waals surface area contributed by atoms with Gasteiger partial charge in [0.05, 0.1) is 5.56 Å². The lowest BCUT2D eigenvalue weighted by Gasteiger charge is -2.19. The van der Waals surface area contributed by atoms with Gasteiger partial charge in [-0.15, -0.1) is 12.6 Å². The third-order valence-electron chi connectivity index (χ3n) is 3.57. The van der Waals surface area contributed by atoms with Crippen LogP contribution >= 0.6 is 12.6 Å². The lowest BCUT2D eigenvalue weighted by molar-refractivity contribution is -0.116. The van der Waals surface area contributed by atoms with Gasteiger partial charge in [-0.25, -0.2) is 4.79 Å². The Kier molecular flexibility index (Phi) is 7.67. The summed E-state index contributed by atoms with van der Waals surface area (Å²) in [5.41, 5.74) is 0.934. The Morgan fingerprint density at radius 3 is 2.28 bits per heavy atom. The van der Waals surface area contributed by atoms with Crippen molar-refractivity contribution in [2.24, 2.45) is 0 Å². The molecule has 2 rings (SSSR count). The predicted octanol–water partition coefficient (Wildman–Crippen LogP) is 4.08. The number of benzene rings is 2. The summed E-state index contributed by atoms with van der Waals surface area (Å²) in [6, 6.07) is 13.8. The van der Waals surface area contributed by atoms with E-state index in [1.165, 1.54) is 0 Å². The van der Waals surface area contributed by atoms with Gasteiger partial charge in [-0.2, -0.15) is 0 Å². The normalized spacial score (nSPS) is 10.8. The molecule has 2 aromatic rings. The van der Waals surface area contributed by atoms with E-state index in [1.807, 2.05) is 0 Å². The SMILES string of the molecule is CC(C)(C)OC(=O)NCCC(=O)Nc1cccc(NC(=O)c2ccccc2S)c1. The lowest BCUT2D eigenvalue weighted by atomic mass is 10.2. The number of carbonyl (C=O) groups is 3. The average molecular weight is 416 g/mol. The zero-order valence-corrected chi connectivity index (χ0v) is 17.5. The summed E-state index contributed by atoms with van der Waals surface area (Å²) in [5, 5.41) is 8.04. The molecule has 154 valence electrons. The molecule has 29 heavy (non-hydrogen) atoms. The van der Waals surface area contributed by atoms with Gasteiger partial charge in [0.25, 0.3) is 5.91 Å². The van der Waals surface area contributed by atoms with Crippen molar-refractivity contribution in [1.82, 2.24) is 5.32 Å². The third kappa shape index (κ3) is 7.87. The maximum absolute atomic E-state index is 12.4. The number of hydrogen-bond donors (Lipinski definition) is 4. The molecule has 0 heterocycles. The summed E-state index contributed by atoms with van der Waals surface area (Å²) in [6.07, 6.45) is -0.484. The molecular weight excluding hydrogens is 390 g/mol. The number of anilines is 2. The Morgan fingerprint density at radius 2 is 1.62 bits per heavy atom. The summed E-state index contributed by atoms with van der Waals surface area (Å²) >= 11 is 4.28. The van der Waals surface area contributed by atoms with E-state index in [-0.39, 0.29) is 24.8 Å². The van der Waals surface area contributed by atoms with Gasteiger partial charge in [0.1, 0.15) is 5.60 Å². The molecule has 0 saturated carbocycles. The van der Waals surface area contributed by atoms with Crippen molar-refractivity contribution >= 4 is 41.9 Å². The highest BCUT2D eigenvalue weighted by Gasteiger charge is 2.16. The van der Waals surface area contributed by atoms with Crippen molar-refractivity contribution < 1.29 is 19.1 Å². The van der Waals surface area contributed by atoms with E-state index in [9.17, 15) is 14.4 Å². The maximum Gasteiger partial charge on any atom is 0.407 e. The Balaban J connectivity index is 1.86. The second-order valence-electron chi connectivity index (χ2n) is 7.28. The van der Waals surface area contributed by atoms with Crippen LogP contribution in [0.1, 0.15) is 37.6 Å². The molecule has 0 radical (unpaired) electrons. The minimum Gasteiger partial charge on any atom is -0.444 e. The van der Waals surface area contributed by atoms with Gasteiger partial charge in [-0.1, -0.05) is 18.2 Å². The monoisotopic (exact) mass is 415 g/mol. The van der Waals surface area contributed by atoms with Gasteiger partial charge in [-0.05, 0) is 51.1 Å². The number of alkyl carbamates (subject to hydrolysis) is 1. The van der Waals surface area contributed by atoms with Gasteiger partial charge in [-0.3, -0.25) is 9.59 Å². The van der Waals surface area contributed by atoms with Gasteiger partial charge in [0.15, 0.2) is 0 Å². The summed E-state index contributed by atoms with van der Waals surface area (Å²) in [4.78, 5) is 36.6. The number of amides is 3. The first-order valence-electron chi connectivity index (χ1n) is 9.10. The molecular formula is C21H25N3O4S. The Hall–Kier alpha value is -3.00. The maximum atomic E-state index is 12.4. The predicted molar refractivity (Wildman–Crippen MR) is 116 cm³/mol. The first kappa shape index (κ1) is 22.3. The summed E-state index contributed by atoms with van der Waals surface area (Å²) < 4.78 is 5.11. The molecule has 8 heteroatoms. The molecule has 0 spiro atoms. The molecule has 0 bridgehead atoms. The minimum atomic E-state index is -0.593. The molecule has 0 aliphatic carbocycles. The molecule has 3 N–H and O–H groups in total. The van der Waals surface area contributed by atoms with E-state index in [0.717, 1.165) is 0 Å². The second-order valence-corrected chi connectivity index (χ2v) is 7.76. The molecule has 0 atom stereocenters. The fourth-order valence-corrected chi connectivity index (χ4v) is 2.62. The van der Waals surface area contributed by atoms with E-state index >= 15 is 0 Å². The van der Waals surface area contributed by atoms with Crippen molar-refractivity contribution in [3.8, 4) is 0 Å². The van der Waals surface area contributed by atoms with Crippen LogP contribution in [0.25, 0.3) is 0 Å². The van der Waals surface area contributed by atoms with Gasteiger partial charge in [0, 0.05) is 29.2 Å². The number of thiol groups is 1. The molecule has 0 aliphatic heterocycles. The van der Waals surface area contributed by atoms with E-state index in [0.29, 0.717) is 21.8 Å². The van der Waals surface area contributed by atoms with Crippen molar-refractivity contribution in [3.63, 3.8) is 0 Å². The van der Waals surface area contributed by atoms with Crippen molar-refractivity contribution in [2.75, 3.05) is 17.2 Å². The van der Waals surface area contributed by atoms with Crippen LogP contribution in [-0.2, 0) is 9.53 Å². The molecule has 0 saturated heterocycles. The lowest BCUT2D eigenvalue weighted by Crippen LogP contribution is -2.34. The van der Waals surface area contributed by atoms with Crippen LogP contribution in [0.4, 0.5) is 16.2 Å². The Labute approximate surface area is 175 Å². The number of ether oxygens (including phenoxy) is 1. The fraction of sp³-hybridized carbons (Fsp3) is 0.286. The van der Waals surface area contributed by atoms with Crippen LogP contribution in [0.2, 0.25) is 0 Å². The number of rotatable bonds is 6. The fourth-order valence-electron chi connectivity index (χ4n) is 2.35. The molecule has 7 nitrogen and oxygen atoms in total. The van der Waals surface area contributed by atoms with Crippen molar-refractivity contribution in [2.45, 2.75) is 37.7 Å².